The first-order valence-electron chi connectivity index (χ1n) is 8.49. The average molecular weight is 282 g/mol. The Morgan fingerprint density at radius 1 is 1.35 bits per heavy atom. The van der Waals surface area contributed by atoms with E-state index in [1.54, 1.807) is 0 Å². The van der Waals surface area contributed by atoms with Crippen LogP contribution >= 0.6 is 0 Å². The molecule has 2 rings (SSSR count). The van der Waals surface area contributed by atoms with Crippen LogP contribution in [0.2, 0.25) is 0 Å². The molecule has 1 N–H and O–H groups in total. The van der Waals surface area contributed by atoms with Crippen LogP contribution in [0.25, 0.3) is 0 Å². The number of ether oxygens (including phenoxy) is 1. The molecule has 2 aliphatic rings. The monoisotopic (exact) mass is 282 g/mol. The van der Waals surface area contributed by atoms with E-state index in [2.05, 4.69) is 37.9 Å². The minimum Gasteiger partial charge on any atom is -0.379 e. The SMILES string of the molecule is CCC(C)C1CNC(C2CC2)CN1CCC(C)(C)OC. The van der Waals surface area contributed by atoms with Crippen molar-refractivity contribution in [1.29, 1.82) is 0 Å². The van der Waals surface area contributed by atoms with Crippen molar-refractivity contribution in [3.05, 3.63) is 0 Å². The Labute approximate surface area is 125 Å². The number of hydrogen-bond acceptors (Lipinski definition) is 3. The van der Waals surface area contributed by atoms with Crippen molar-refractivity contribution >= 4 is 0 Å². The molecule has 3 unspecified atom stereocenters. The first-order valence-corrected chi connectivity index (χ1v) is 8.49. The first-order chi connectivity index (χ1) is 9.46. The Balaban J connectivity index is 1.93. The van der Waals surface area contributed by atoms with E-state index in [9.17, 15) is 0 Å². The third-order valence-electron chi connectivity index (χ3n) is 5.53. The summed E-state index contributed by atoms with van der Waals surface area (Å²) < 4.78 is 5.60. The Morgan fingerprint density at radius 3 is 2.60 bits per heavy atom. The van der Waals surface area contributed by atoms with Crippen molar-refractivity contribution in [3.63, 3.8) is 0 Å². The van der Waals surface area contributed by atoms with E-state index in [0.29, 0.717) is 6.04 Å². The van der Waals surface area contributed by atoms with Crippen LogP contribution in [0.15, 0.2) is 0 Å². The molecule has 1 saturated heterocycles. The minimum atomic E-state index is -0.0000438. The molecule has 3 nitrogen and oxygen atoms in total. The highest BCUT2D eigenvalue weighted by molar-refractivity contribution is 4.96. The summed E-state index contributed by atoms with van der Waals surface area (Å²) in [5, 5.41) is 3.81. The summed E-state index contributed by atoms with van der Waals surface area (Å²) in [6, 6.07) is 1.43. The van der Waals surface area contributed by atoms with Crippen molar-refractivity contribution in [2.24, 2.45) is 11.8 Å². The summed E-state index contributed by atoms with van der Waals surface area (Å²) in [6.07, 6.45) is 5.25. The van der Waals surface area contributed by atoms with Crippen LogP contribution in [0.5, 0.6) is 0 Å². The van der Waals surface area contributed by atoms with Crippen molar-refractivity contribution in [3.8, 4) is 0 Å². The zero-order valence-corrected chi connectivity index (χ0v) is 14.1. The molecule has 2 fully saturated rings. The van der Waals surface area contributed by atoms with E-state index in [1.807, 2.05) is 7.11 Å². The fourth-order valence-electron chi connectivity index (χ4n) is 3.27. The van der Waals surface area contributed by atoms with Crippen LogP contribution in [-0.2, 0) is 4.74 Å². The van der Waals surface area contributed by atoms with Gasteiger partial charge in [0.15, 0.2) is 0 Å². The second-order valence-corrected chi connectivity index (χ2v) is 7.51. The number of rotatable bonds is 7. The number of piperazine rings is 1. The molecule has 0 spiro atoms. The number of nitrogens with zero attached hydrogens (tertiary/aromatic N) is 1. The maximum atomic E-state index is 5.60. The highest BCUT2D eigenvalue weighted by Gasteiger charge is 2.38. The van der Waals surface area contributed by atoms with Crippen LogP contribution in [0.3, 0.4) is 0 Å². The Bertz CT molecular complexity index is 301. The van der Waals surface area contributed by atoms with Gasteiger partial charge < -0.3 is 10.1 Å². The van der Waals surface area contributed by atoms with Crippen molar-refractivity contribution < 1.29 is 4.74 Å². The molecular weight excluding hydrogens is 248 g/mol. The molecule has 3 atom stereocenters. The molecule has 0 aromatic heterocycles. The van der Waals surface area contributed by atoms with E-state index in [-0.39, 0.29) is 5.60 Å². The molecule has 118 valence electrons. The molecule has 0 aromatic carbocycles. The number of hydrogen-bond donors (Lipinski definition) is 1. The second-order valence-electron chi connectivity index (χ2n) is 7.51. The maximum Gasteiger partial charge on any atom is 0.0634 e. The van der Waals surface area contributed by atoms with Crippen LogP contribution in [0.1, 0.15) is 53.4 Å². The predicted molar refractivity (Wildman–Crippen MR) is 85.0 cm³/mol. The third-order valence-corrected chi connectivity index (χ3v) is 5.53. The van der Waals surface area contributed by atoms with Crippen molar-refractivity contribution in [1.82, 2.24) is 10.2 Å². The summed E-state index contributed by atoms with van der Waals surface area (Å²) in [6.45, 7) is 12.7. The Morgan fingerprint density at radius 2 is 2.05 bits per heavy atom. The second kappa shape index (κ2) is 6.76. The number of methoxy groups -OCH3 is 1. The van der Waals surface area contributed by atoms with E-state index in [1.165, 1.54) is 38.9 Å². The van der Waals surface area contributed by atoms with Gasteiger partial charge >= 0.3 is 0 Å². The predicted octanol–water partition coefficient (Wildman–Crippen LogP) is 2.90. The topological polar surface area (TPSA) is 24.5 Å². The molecule has 1 aliphatic carbocycles. The lowest BCUT2D eigenvalue weighted by Gasteiger charge is -2.44. The molecule has 0 aromatic rings. The average Bonchev–Trinajstić information content (AvgIpc) is 3.28. The van der Waals surface area contributed by atoms with Gasteiger partial charge in [0.2, 0.25) is 0 Å². The van der Waals surface area contributed by atoms with Gasteiger partial charge in [-0.05, 0) is 44.9 Å². The molecule has 1 saturated carbocycles. The van der Waals surface area contributed by atoms with Crippen molar-refractivity contribution in [2.75, 3.05) is 26.7 Å². The van der Waals surface area contributed by atoms with Crippen molar-refractivity contribution in [2.45, 2.75) is 71.1 Å². The lowest BCUT2D eigenvalue weighted by atomic mass is 9.92. The van der Waals surface area contributed by atoms with Gasteiger partial charge in [-0.3, -0.25) is 4.90 Å². The van der Waals surface area contributed by atoms with Gasteiger partial charge in [-0.25, -0.2) is 0 Å². The van der Waals surface area contributed by atoms with E-state index in [4.69, 9.17) is 4.74 Å². The molecule has 0 bridgehead atoms. The molecule has 3 heteroatoms. The van der Waals surface area contributed by atoms with Gasteiger partial charge in [-0.2, -0.15) is 0 Å². The van der Waals surface area contributed by atoms with Gasteiger partial charge in [0, 0.05) is 38.8 Å². The maximum absolute atomic E-state index is 5.60. The van der Waals surface area contributed by atoms with Crippen LogP contribution in [-0.4, -0.2) is 49.3 Å². The van der Waals surface area contributed by atoms with Crippen LogP contribution in [0.4, 0.5) is 0 Å². The number of nitrogens with one attached hydrogen (secondary N) is 1. The van der Waals surface area contributed by atoms with Gasteiger partial charge in [0.1, 0.15) is 0 Å². The summed E-state index contributed by atoms with van der Waals surface area (Å²) in [5.41, 5.74) is -0.0000438. The van der Waals surface area contributed by atoms with E-state index < -0.39 is 0 Å². The lowest BCUT2D eigenvalue weighted by molar-refractivity contribution is -0.00535. The summed E-state index contributed by atoms with van der Waals surface area (Å²) in [5.74, 6) is 1.72. The highest BCUT2D eigenvalue weighted by atomic mass is 16.5. The summed E-state index contributed by atoms with van der Waals surface area (Å²) in [4.78, 5) is 2.74. The lowest BCUT2D eigenvalue weighted by Crippen LogP contribution is -2.59. The van der Waals surface area contributed by atoms with Crippen LogP contribution in [0, 0.1) is 11.8 Å². The largest absolute Gasteiger partial charge is 0.379 e. The fourth-order valence-corrected chi connectivity index (χ4v) is 3.27. The normalized spacial score (nSPS) is 30.4. The first kappa shape index (κ1) is 16.3. The van der Waals surface area contributed by atoms with E-state index >= 15 is 0 Å². The zero-order chi connectivity index (χ0) is 14.8. The molecular formula is C17H34N2O. The fraction of sp³-hybridized carbons (Fsp3) is 1.00. The summed E-state index contributed by atoms with van der Waals surface area (Å²) in [7, 11) is 1.83. The van der Waals surface area contributed by atoms with Gasteiger partial charge in [-0.15, -0.1) is 0 Å². The molecule has 0 radical (unpaired) electrons. The third kappa shape index (κ3) is 4.19. The van der Waals surface area contributed by atoms with Crippen LogP contribution < -0.4 is 5.32 Å². The highest BCUT2D eigenvalue weighted by Crippen LogP contribution is 2.35. The smallest absolute Gasteiger partial charge is 0.0634 e. The van der Waals surface area contributed by atoms with Gasteiger partial charge in [0.25, 0.3) is 0 Å². The molecule has 20 heavy (non-hydrogen) atoms. The van der Waals surface area contributed by atoms with Gasteiger partial charge in [-0.1, -0.05) is 20.3 Å². The summed E-state index contributed by atoms with van der Waals surface area (Å²) >= 11 is 0. The van der Waals surface area contributed by atoms with Gasteiger partial charge in [0.05, 0.1) is 5.60 Å². The Kier molecular flexibility index (Phi) is 5.49. The zero-order valence-electron chi connectivity index (χ0n) is 14.1. The molecule has 1 heterocycles. The minimum absolute atomic E-state index is 0.0000438. The van der Waals surface area contributed by atoms with E-state index in [0.717, 1.165) is 24.3 Å². The Hall–Kier alpha value is -0.120. The molecule has 1 aliphatic heterocycles. The molecule has 0 amide bonds. The quantitative estimate of drug-likeness (QED) is 0.777. The standard InChI is InChI=1S/C17H34N2O/c1-6-13(2)16-11-18-15(14-7-8-14)12-19(16)10-9-17(3,4)20-5/h13-16,18H,6-12H2,1-5H3.